The van der Waals surface area contributed by atoms with Crippen molar-refractivity contribution in [3.8, 4) is 0 Å². The van der Waals surface area contributed by atoms with Crippen molar-refractivity contribution in [2.45, 2.75) is 0 Å². The van der Waals surface area contributed by atoms with Crippen LogP contribution in [0.15, 0.2) is 47.1 Å². The summed E-state index contributed by atoms with van der Waals surface area (Å²) in [5, 5.41) is 4.11. The molecule has 3 aromatic rings. The van der Waals surface area contributed by atoms with E-state index in [4.69, 9.17) is 0 Å². The summed E-state index contributed by atoms with van der Waals surface area (Å²) >= 11 is 3.40. The third-order valence-electron chi connectivity index (χ3n) is 3.01. The fraction of sp³-hybridized carbons (Fsp3) is 0.0667. The van der Waals surface area contributed by atoms with Crippen molar-refractivity contribution >= 4 is 44.3 Å². The predicted octanol–water partition coefficient (Wildman–Crippen LogP) is 3.86. The van der Waals surface area contributed by atoms with E-state index in [0.29, 0.717) is 11.3 Å². The number of carbonyl (C=O) groups excluding carboxylic acids is 1. The minimum atomic E-state index is -0.407. The van der Waals surface area contributed by atoms with Crippen molar-refractivity contribution in [2.75, 3.05) is 12.4 Å². The number of H-pyrrole nitrogens is 1. The van der Waals surface area contributed by atoms with Gasteiger partial charge in [0.1, 0.15) is 11.3 Å². The minimum absolute atomic E-state index is 0.390. The molecule has 0 bridgehead atoms. The van der Waals surface area contributed by atoms with Gasteiger partial charge in [-0.05, 0) is 36.4 Å². The number of fused-ring (bicyclic) bond motifs is 1. The Morgan fingerprint density at radius 2 is 2.00 bits per heavy atom. The molecule has 106 valence electrons. The number of rotatable bonds is 3. The number of halogens is 1. The van der Waals surface area contributed by atoms with Crippen LogP contribution in [0.4, 0.5) is 11.4 Å². The van der Waals surface area contributed by atoms with Gasteiger partial charge in [0.25, 0.3) is 0 Å². The largest absolute Gasteiger partial charge is 0.464 e. The lowest BCUT2D eigenvalue weighted by atomic mass is 10.2. The summed E-state index contributed by atoms with van der Waals surface area (Å²) in [7, 11) is 1.35. The van der Waals surface area contributed by atoms with Crippen molar-refractivity contribution in [3.05, 3.63) is 52.8 Å². The van der Waals surface area contributed by atoms with Crippen LogP contribution in [0.1, 0.15) is 10.5 Å². The van der Waals surface area contributed by atoms with Crippen LogP contribution in [0.2, 0.25) is 0 Å². The maximum atomic E-state index is 11.5. The molecule has 2 heterocycles. The number of nitrogens with zero attached hydrogens (tertiary/aromatic N) is 1. The third-order valence-corrected chi connectivity index (χ3v) is 3.54. The number of methoxy groups -OCH3 is 1. The first kappa shape index (κ1) is 13.6. The summed E-state index contributed by atoms with van der Waals surface area (Å²) in [5.41, 5.74) is 2.85. The molecule has 0 saturated carbocycles. The number of benzene rings is 1. The van der Waals surface area contributed by atoms with Gasteiger partial charge in [0.05, 0.1) is 19.0 Å². The first-order valence-corrected chi connectivity index (χ1v) is 7.05. The lowest BCUT2D eigenvalue weighted by Gasteiger charge is -2.05. The second-order valence-electron chi connectivity index (χ2n) is 4.47. The maximum Gasteiger partial charge on any atom is 0.354 e. The van der Waals surface area contributed by atoms with E-state index in [9.17, 15) is 4.79 Å². The van der Waals surface area contributed by atoms with Crippen LogP contribution in [0.3, 0.4) is 0 Å². The molecule has 0 aliphatic rings. The summed E-state index contributed by atoms with van der Waals surface area (Å²) in [6, 6.07) is 11.5. The molecule has 0 saturated heterocycles. The van der Waals surface area contributed by atoms with E-state index in [2.05, 4.69) is 36.0 Å². The summed E-state index contributed by atoms with van der Waals surface area (Å²) in [4.78, 5) is 18.7. The summed E-state index contributed by atoms with van der Waals surface area (Å²) in [5.74, 6) is -0.407. The lowest BCUT2D eigenvalue weighted by molar-refractivity contribution is 0.0595. The monoisotopic (exact) mass is 345 g/mol. The van der Waals surface area contributed by atoms with Gasteiger partial charge in [-0.2, -0.15) is 0 Å². The number of carbonyl (C=O) groups is 1. The van der Waals surface area contributed by atoms with Crippen LogP contribution in [-0.2, 0) is 4.74 Å². The predicted molar refractivity (Wildman–Crippen MR) is 84.9 cm³/mol. The van der Waals surface area contributed by atoms with E-state index in [1.807, 2.05) is 30.3 Å². The average Bonchev–Trinajstić information content (AvgIpc) is 2.92. The van der Waals surface area contributed by atoms with E-state index in [0.717, 1.165) is 21.2 Å². The highest BCUT2D eigenvalue weighted by atomic mass is 79.9. The molecule has 6 heteroatoms. The SMILES string of the molecule is COC(=O)c1cc2cc(Nc3ccc(Br)cc3)cnc2[nH]1. The number of hydrogen-bond donors (Lipinski definition) is 2. The van der Waals surface area contributed by atoms with E-state index in [1.54, 1.807) is 12.3 Å². The maximum absolute atomic E-state index is 11.5. The molecule has 0 fully saturated rings. The van der Waals surface area contributed by atoms with Crippen LogP contribution >= 0.6 is 15.9 Å². The van der Waals surface area contributed by atoms with Gasteiger partial charge < -0.3 is 15.0 Å². The van der Waals surface area contributed by atoms with Gasteiger partial charge in [-0.15, -0.1) is 0 Å². The molecule has 2 aromatic heterocycles. The number of pyridine rings is 1. The lowest BCUT2D eigenvalue weighted by Crippen LogP contribution is -2.00. The van der Waals surface area contributed by atoms with Crippen LogP contribution in [0, 0.1) is 0 Å². The Hall–Kier alpha value is -2.34. The second-order valence-corrected chi connectivity index (χ2v) is 5.38. The van der Waals surface area contributed by atoms with Crippen LogP contribution in [-0.4, -0.2) is 23.0 Å². The Morgan fingerprint density at radius 1 is 1.24 bits per heavy atom. The van der Waals surface area contributed by atoms with E-state index in [-0.39, 0.29) is 0 Å². The normalized spacial score (nSPS) is 10.6. The number of anilines is 2. The highest BCUT2D eigenvalue weighted by Gasteiger charge is 2.10. The Labute approximate surface area is 129 Å². The van der Waals surface area contributed by atoms with Gasteiger partial charge in [-0.25, -0.2) is 9.78 Å². The molecule has 0 atom stereocenters. The molecular weight excluding hydrogens is 334 g/mol. The van der Waals surface area contributed by atoms with Crippen molar-refractivity contribution in [1.82, 2.24) is 9.97 Å². The molecule has 0 amide bonds. The standard InChI is InChI=1S/C15H12BrN3O2/c1-21-15(20)13-7-9-6-12(8-17-14(9)19-13)18-11-4-2-10(16)3-5-11/h2-8,18H,1H3,(H,17,19). The molecule has 21 heavy (non-hydrogen) atoms. The summed E-state index contributed by atoms with van der Waals surface area (Å²) < 4.78 is 5.71. The van der Waals surface area contributed by atoms with Gasteiger partial charge in [-0.3, -0.25) is 0 Å². The van der Waals surface area contributed by atoms with Crippen LogP contribution in [0.5, 0.6) is 0 Å². The number of esters is 1. The molecule has 1 aromatic carbocycles. The van der Waals surface area contributed by atoms with Crippen LogP contribution < -0.4 is 5.32 Å². The zero-order chi connectivity index (χ0) is 14.8. The first-order valence-electron chi connectivity index (χ1n) is 6.25. The van der Waals surface area contributed by atoms with Gasteiger partial charge >= 0.3 is 5.97 Å². The molecule has 0 unspecified atom stereocenters. The topological polar surface area (TPSA) is 67.0 Å². The number of aromatic amines is 1. The third kappa shape index (κ3) is 2.90. The average molecular weight is 346 g/mol. The van der Waals surface area contributed by atoms with Crippen molar-refractivity contribution in [1.29, 1.82) is 0 Å². The highest BCUT2D eigenvalue weighted by molar-refractivity contribution is 9.10. The fourth-order valence-corrected chi connectivity index (χ4v) is 2.27. The van der Waals surface area contributed by atoms with E-state index < -0.39 is 5.97 Å². The van der Waals surface area contributed by atoms with Crippen LogP contribution in [0.25, 0.3) is 11.0 Å². The Bertz CT molecular complexity index is 796. The van der Waals surface area contributed by atoms with Gasteiger partial charge in [0.15, 0.2) is 0 Å². The van der Waals surface area contributed by atoms with Gasteiger partial charge in [-0.1, -0.05) is 15.9 Å². The molecular formula is C15H12BrN3O2. The number of ether oxygens (including phenoxy) is 1. The summed E-state index contributed by atoms with van der Waals surface area (Å²) in [6.45, 7) is 0. The van der Waals surface area contributed by atoms with Crippen molar-refractivity contribution in [2.24, 2.45) is 0 Å². The number of hydrogen-bond acceptors (Lipinski definition) is 4. The molecule has 5 nitrogen and oxygen atoms in total. The van der Waals surface area contributed by atoms with Crippen molar-refractivity contribution < 1.29 is 9.53 Å². The quantitative estimate of drug-likeness (QED) is 0.707. The molecule has 2 N–H and O–H groups in total. The fourth-order valence-electron chi connectivity index (χ4n) is 2.00. The Kier molecular flexibility index (Phi) is 3.62. The van der Waals surface area contributed by atoms with E-state index >= 15 is 0 Å². The zero-order valence-electron chi connectivity index (χ0n) is 11.2. The molecule has 0 aliphatic carbocycles. The van der Waals surface area contributed by atoms with Gasteiger partial charge in [0, 0.05) is 15.5 Å². The van der Waals surface area contributed by atoms with Crippen molar-refractivity contribution in [3.63, 3.8) is 0 Å². The molecule has 0 spiro atoms. The van der Waals surface area contributed by atoms with Gasteiger partial charge in [0.2, 0.25) is 0 Å². The Morgan fingerprint density at radius 3 is 2.71 bits per heavy atom. The summed E-state index contributed by atoms with van der Waals surface area (Å²) in [6.07, 6.45) is 1.71. The second kappa shape index (κ2) is 5.57. The zero-order valence-corrected chi connectivity index (χ0v) is 12.8. The first-order chi connectivity index (χ1) is 10.2. The Balaban J connectivity index is 1.90. The molecule has 0 radical (unpaired) electrons. The molecule has 0 aliphatic heterocycles. The number of nitrogens with one attached hydrogen (secondary N) is 2. The molecule has 3 rings (SSSR count). The number of aromatic nitrogens is 2. The van der Waals surface area contributed by atoms with E-state index in [1.165, 1.54) is 7.11 Å². The smallest absolute Gasteiger partial charge is 0.354 e. The highest BCUT2D eigenvalue weighted by Crippen LogP contribution is 2.22. The minimum Gasteiger partial charge on any atom is -0.464 e.